The molecular formula is C29H26N4O2. The molecule has 0 atom stereocenters. The second-order valence-electron chi connectivity index (χ2n) is 8.08. The third kappa shape index (κ3) is 5.84. The molecule has 0 radical (unpaired) electrons. The molecule has 6 nitrogen and oxygen atoms in total. The molecule has 174 valence electrons. The van der Waals surface area contributed by atoms with Gasteiger partial charge in [-0.15, -0.1) is 0 Å². The minimum Gasteiger partial charge on any atom is -0.494 e. The van der Waals surface area contributed by atoms with Gasteiger partial charge in [-0.1, -0.05) is 42.8 Å². The second-order valence-corrected chi connectivity index (χ2v) is 8.08. The number of carbonyl (C=O) groups is 1. The van der Waals surface area contributed by atoms with E-state index in [1.54, 1.807) is 10.8 Å². The van der Waals surface area contributed by atoms with Crippen LogP contribution in [0.5, 0.6) is 5.75 Å². The van der Waals surface area contributed by atoms with E-state index in [0.29, 0.717) is 23.6 Å². The fourth-order valence-corrected chi connectivity index (χ4v) is 3.50. The van der Waals surface area contributed by atoms with Crippen LogP contribution in [0.15, 0.2) is 90.6 Å². The highest BCUT2D eigenvalue weighted by atomic mass is 16.5. The predicted octanol–water partition coefficient (Wildman–Crippen LogP) is 6.18. The number of rotatable bonds is 8. The quantitative estimate of drug-likeness (QED) is 0.250. The molecule has 0 aliphatic rings. The Morgan fingerprint density at radius 3 is 2.43 bits per heavy atom. The van der Waals surface area contributed by atoms with Crippen molar-refractivity contribution in [2.45, 2.75) is 20.3 Å². The summed E-state index contributed by atoms with van der Waals surface area (Å²) in [5.74, 6) is 0.309. The molecule has 4 rings (SSSR count). The first kappa shape index (κ1) is 23.5. The maximum absolute atomic E-state index is 12.9. The topological polar surface area (TPSA) is 79.9 Å². The average molecular weight is 463 g/mol. The van der Waals surface area contributed by atoms with E-state index in [0.717, 1.165) is 29.0 Å². The Hall–Kier alpha value is -4.63. The molecule has 35 heavy (non-hydrogen) atoms. The van der Waals surface area contributed by atoms with Crippen LogP contribution in [0.4, 0.5) is 5.69 Å². The van der Waals surface area contributed by atoms with Crippen LogP contribution in [-0.2, 0) is 4.79 Å². The molecule has 0 fully saturated rings. The van der Waals surface area contributed by atoms with Crippen molar-refractivity contribution in [2.24, 2.45) is 0 Å². The van der Waals surface area contributed by atoms with Gasteiger partial charge in [-0.05, 0) is 68.0 Å². The van der Waals surface area contributed by atoms with Gasteiger partial charge in [0.2, 0.25) is 0 Å². The number of nitrogens with zero attached hydrogens (tertiary/aromatic N) is 3. The first-order chi connectivity index (χ1) is 17.1. The molecule has 1 heterocycles. The van der Waals surface area contributed by atoms with Gasteiger partial charge in [0, 0.05) is 23.0 Å². The largest absolute Gasteiger partial charge is 0.494 e. The number of amides is 1. The van der Waals surface area contributed by atoms with Gasteiger partial charge in [0.15, 0.2) is 0 Å². The first-order valence-electron chi connectivity index (χ1n) is 11.5. The lowest BCUT2D eigenvalue weighted by molar-refractivity contribution is -0.112. The molecule has 0 aliphatic heterocycles. The molecule has 0 saturated carbocycles. The van der Waals surface area contributed by atoms with Gasteiger partial charge in [0.05, 0.1) is 18.0 Å². The zero-order chi connectivity index (χ0) is 24.6. The Bertz CT molecular complexity index is 1360. The molecule has 6 heteroatoms. The molecule has 1 amide bonds. The van der Waals surface area contributed by atoms with Crippen molar-refractivity contribution in [3.8, 4) is 28.8 Å². The van der Waals surface area contributed by atoms with Crippen molar-refractivity contribution in [1.82, 2.24) is 9.78 Å². The van der Waals surface area contributed by atoms with Gasteiger partial charge in [-0.2, -0.15) is 10.4 Å². The Labute approximate surface area is 205 Å². The number of benzene rings is 3. The zero-order valence-electron chi connectivity index (χ0n) is 19.7. The normalized spacial score (nSPS) is 11.1. The first-order valence-corrected chi connectivity index (χ1v) is 11.5. The van der Waals surface area contributed by atoms with Gasteiger partial charge in [0.25, 0.3) is 5.91 Å². The van der Waals surface area contributed by atoms with E-state index in [1.807, 2.05) is 98.1 Å². The van der Waals surface area contributed by atoms with E-state index in [2.05, 4.69) is 12.2 Å². The van der Waals surface area contributed by atoms with Crippen molar-refractivity contribution < 1.29 is 9.53 Å². The van der Waals surface area contributed by atoms with Gasteiger partial charge in [-0.3, -0.25) is 4.79 Å². The minimum absolute atomic E-state index is 0.0117. The molecule has 0 aliphatic carbocycles. The minimum atomic E-state index is -0.474. The molecular weight excluding hydrogens is 436 g/mol. The van der Waals surface area contributed by atoms with Crippen LogP contribution < -0.4 is 10.1 Å². The van der Waals surface area contributed by atoms with Gasteiger partial charge in [-0.25, -0.2) is 4.68 Å². The van der Waals surface area contributed by atoms with E-state index >= 15 is 0 Å². The molecule has 1 aromatic heterocycles. The monoisotopic (exact) mass is 462 g/mol. The molecule has 0 bridgehead atoms. The number of ether oxygens (including phenoxy) is 1. The number of nitriles is 1. The van der Waals surface area contributed by atoms with Crippen molar-refractivity contribution >= 4 is 17.7 Å². The summed E-state index contributed by atoms with van der Waals surface area (Å²) in [5, 5.41) is 17.3. The summed E-state index contributed by atoms with van der Waals surface area (Å²) in [7, 11) is 0. The Morgan fingerprint density at radius 1 is 1.06 bits per heavy atom. The average Bonchev–Trinajstić information content (AvgIpc) is 3.32. The molecule has 0 saturated heterocycles. The fourth-order valence-electron chi connectivity index (χ4n) is 3.50. The lowest BCUT2D eigenvalue weighted by Crippen LogP contribution is -2.13. The summed E-state index contributed by atoms with van der Waals surface area (Å²) >= 11 is 0. The van der Waals surface area contributed by atoms with Crippen LogP contribution in [0.3, 0.4) is 0 Å². The van der Waals surface area contributed by atoms with E-state index in [-0.39, 0.29) is 5.57 Å². The Kier molecular flexibility index (Phi) is 7.39. The summed E-state index contributed by atoms with van der Waals surface area (Å²) < 4.78 is 7.44. The second kappa shape index (κ2) is 11.0. The zero-order valence-corrected chi connectivity index (χ0v) is 19.7. The summed E-state index contributed by atoms with van der Waals surface area (Å²) in [6.07, 6.45) is 4.33. The van der Waals surface area contributed by atoms with Crippen molar-refractivity contribution in [1.29, 1.82) is 5.26 Å². The van der Waals surface area contributed by atoms with Crippen LogP contribution in [0.1, 0.15) is 24.5 Å². The number of carbonyl (C=O) groups excluding carboxylic acids is 1. The summed E-state index contributed by atoms with van der Waals surface area (Å²) in [6, 6.07) is 26.8. The van der Waals surface area contributed by atoms with Crippen LogP contribution >= 0.6 is 0 Å². The Balaban J connectivity index is 1.70. The van der Waals surface area contributed by atoms with E-state index in [9.17, 15) is 10.1 Å². The Morgan fingerprint density at radius 2 is 1.77 bits per heavy atom. The van der Waals surface area contributed by atoms with Crippen molar-refractivity contribution in [2.75, 3.05) is 11.9 Å². The summed E-state index contributed by atoms with van der Waals surface area (Å²) in [6.45, 7) is 4.68. The van der Waals surface area contributed by atoms with Crippen molar-refractivity contribution in [3.05, 3.63) is 102 Å². The third-order valence-corrected chi connectivity index (χ3v) is 5.34. The number of aryl methyl sites for hydroxylation is 1. The number of aromatic nitrogens is 2. The maximum atomic E-state index is 12.9. The molecule has 0 spiro atoms. The fraction of sp³-hybridized carbons (Fsp3) is 0.138. The smallest absolute Gasteiger partial charge is 0.266 e. The summed E-state index contributed by atoms with van der Waals surface area (Å²) in [5.41, 5.74) is 4.75. The molecule has 4 aromatic rings. The number of para-hydroxylation sites is 1. The van der Waals surface area contributed by atoms with Gasteiger partial charge < -0.3 is 10.1 Å². The van der Waals surface area contributed by atoms with Gasteiger partial charge in [0.1, 0.15) is 17.4 Å². The van der Waals surface area contributed by atoms with Crippen molar-refractivity contribution in [3.63, 3.8) is 0 Å². The highest BCUT2D eigenvalue weighted by Gasteiger charge is 2.15. The van der Waals surface area contributed by atoms with E-state index in [4.69, 9.17) is 9.84 Å². The standard InChI is InChI=1S/C29H26N4O2/c1-3-17-35-27-15-11-22(12-16-27)28-24(20-33(32-28)26-7-5-4-6-8-26)18-23(19-30)29(34)31-25-13-9-21(2)10-14-25/h4-16,18,20H,3,17H2,1-2H3,(H,31,34)/b23-18+. The lowest BCUT2D eigenvalue weighted by atomic mass is 10.1. The maximum Gasteiger partial charge on any atom is 0.266 e. The molecule has 1 N–H and O–H groups in total. The SMILES string of the molecule is CCCOc1ccc(-c2nn(-c3ccccc3)cc2/C=C(\C#N)C(=O)Nc2ccc(C)cc2)cc1. The predicted molar refractivity (Wildman–Crippen MR) is 138 cm³/mol. The highest BCUT2D eigenvalue weighted by molar-refractivity contribution is 6.10. The van der Waals surface area contributed by atoms with E-state index in [1.165, 1.54) is 0 Å². The highest BCUT2D eigenvalue weighted by Crippen LogP contribution is 2.28. The molecule has 0 unspecified atom stereocenters. The summed E-state index contributed by atoms with van der Waals surface area (Å²) in [4.78, 5) is 12.9. The number of hydrogen-bond acceptors (Lipinski definition) is 4. The number of anilines is 1. The number of hydrogen-bond donors (Lipinski definition) is 1. The van der Waals surface area contributed by atoms with Crippen LogP contribution in [-0.4, -0.2) is 22.3 Å². The lowest BCUT2D eigenvalue weighted by Gasteiger charge is -2.06. The van der Waals surface area contributed by atoms with Gasteiger partial charge >= 0.3 is 0 Å². The third-order valence-electron chi connectivity index (χ3n) is 5.34. The number of nitrogens with one attached hydrogen (secondary N) is 1. The van der Waals surface area contributed by atoms with Crippen LogP contribution in [0, 0.1) is 18.3 Å². The van der Waals surface area contributed by atoms with E-state index < -0.39 is 5.91 Å². The van der Waals surface area contributed by atoms with Crippen LogP contribution in [0.25, 0.3) is 23.0 Å². The molecule has 3 aromatic carbocycles. The van der Waals surface area contributed by atoms with Crippen LogP contribution in [0.2, 0.25) is 0 Å².